The SMILES string of the molecule is C=CO[C@@H](c1ccccc1)[C@H](OCCCCCC)c1ccccc1. The first-order valence-electron chi connectivity index (χ1n) is 8.84. The number of hydrogen-bond acceptors (Lipinski definition) is 2. The Morgan fingerprint density at radius 1 is 0.833 bits per heavy atom. The Labute approximate surface area is 146 Å². The maximum Gasteiger partial charge on any atom is 0.153 e. The summed E-state index contributed by atoms with van der Waals surface area (Å²) < 4.78 is 12.1. The molecule has 0 aliphatic heterocycles. The van der Waals surface area contributed by atoms with E-state index in [0.29, 0.717) is 0 Å². The molecule has 0 aliphatic rings. The van der Waals surface area contributed by atoms with Crippen LogP contribution in [0.5, 0.6) is 0 Å². The summed E-state index contributed by atoms with van der Waals surface area (Å²) in [5.41, 5.74) is 2.23. The predicted octanol–water partition coefficient (Wildman–Crippen LogP) is 6.23. The molecule has 0 fully saturated rings. The van der Waals surface area contributed by atoms with Gasteiger partial charge in [-0.1, -0.05) is 93.4 Å². The summed E-state index contributed by atoms with van der Waals surface area (Å²) >= 11 is 0. The predicted molar refractivity (Wildman–Crippen MR) is 99.7 cm³/mol. The Morgan fingerprint density at radius 2 is 1.42 bits per heavy atom. The summed E-state index contributed by atoms with van der Waals surface area (Å²) in [5.74, 6) is 0. The zero-order valence-corrected chi connectivity index (χ0v) is 14.6. The third-order valence-electron chi connectivity index (χ3n) is 4.07. The highest BCUT2D eigenvalue weighted by Crippen LogP contribution is 2.35. The van der Waals surface area contributed by atoms with Crippen LogP contribution in [0.15, 0.2) is 73.5 Å². The van der Waals surface area contributed by atoms with Gasteiger partial charge >= 0.3 is 0 Å². The van der Waals surface area contributed by atoms with E-state index in [4.69, 9.17) is 9.47 Å². The summed E-state index contributed by atoms with van der Waals surface area (Å²) in [6.45, 7) is 6.70. The van der Waals surface area contributed by atoms with Crippen LogP contribution in [-0.2, 0) is 9.47 Å². The van der Waals surface area contributed by atoms with Gasteiger partial charge in [-0.3, -0.25) is 0 Å². The van der Waals surface area contributed by atoms with E-state index < -0.39 is 0 Å². The largest absolute Gasteiger partial charge is 0.491 e. The Bertz CT molecular complexity index is 565. The quantitative estimate of drug-likeness (QED) is 0.360. The first kappa shape index (κ1) is 18.3. The number of rotatable bonds is 11. The van der Waals surface area contributed by atoms with Gasteiger partial charge in [-0.15, -0.1) is 0 Å². The zero-order valence-electron chi connectivity index (χ0n) is 14.6. The summed E-state index contributed by atoms with van der Waals surface area (Å²) in [6, 6.07) is 20.5. The van der Waals surface area contributed by atoms with E-state index in [1.54, 1.807) is 0 Å². The fraction of sp³-hybridized carbons (Fsp3) is 0.364. The van der Waals surface area contributed by atoms with Crippen LogP contribution in [0.1, 0.15) is 55.9 Å². The molecule has 128 valence electrons. The van der Waals surface area contributed by atoms with Gasteiger partial charge in [-0.2, -0.15) is 0 Å². The fourth-order valence-corrected chi connectivity index (χ4v) is 2.81. The van der Waals surface area contributed by atoms with Gasteiger partial charge in [0.15, 0.2) is 6.10 Å². The van der Waals surface area contributed by atoms with Gasteiger partial charge in [-0.05, 0) is 17.5 Å². The van der Waals surface area contributed by atoms with Crippen molar-refractivity contribution < 1.29 is 9.47 Å². The third kappa shape index (κ3) is 5.54. The van der Waals surface area contributed by atoms with Gasteiger partial charge in [0.05, 0.1) is 6.26 Å². The lowest BCUT2D eigenvalue weighted by Crippen LogP contribution is -2.17. The smallest absolute Gasteiger partial charge is 0.153 e. The second-order valence-electron chi connectivity index (χ2n) is 5.90. The van der Waals surface area contributed by atoms with Crippen molar-refractivity contribution in [1.29, 1.82) is 0 Å². The molecule has 0 aliphatic carbocycles. The Hall–Kier alpha value is -2.06. The van der Waals surface area contributed by atoms with Crippen molar-refractivity contribution in [1.82, 2.24) is 0 Å². The van der Waals surface area contributed by atoms with E-state index >= 15 is 0 Å². The molecule has 2 heteroatoms. The van der Waals surface area contributed by atoms with E-state index in [-0.39, 0.29) is 12.2 Å². The van der Waals surface area contributed by atoms with Crippen molar-refractivity contribution in [3.05, 3.63) is 84.6 Å². The van der Waals surface area contributed by atoms with Crippen LogP contribution in [0.2, 0.25) is 0 Å². The normalized spacial score (nSPS) is 13.2. The van der Waals surface area contributed by atoms with E-state index in [0.717, 1.165) is 24.2 Å². The molecule has 0 aromatic heterocycles. The number of ether oxygens (including phenoxy) is 2. The first-order chi connectivity index (χ1) is 11.9. The van der Waals surface area contributed by atoms with Crippen LogP contribution in [0, 0.1) is 0 Å². The minimum atomic E-state index is -0.197. The first-order valence-corrected chi connectivity index (χ1v) is 8.84. The highest BCUT2D eigenvalue weighted by atomic mass is 16.5. The fourth-order valence-electron chi connectivity index (χ4n) is 2.81. The van der Waals surface area contributed by atoms with Gasteiger partial charge in [0.1, 0.15) is 6.10 Å². The second-order valence-corrected chi connectivity index (χ2v) is 5.90. The zero-order chi connectivity index (χ0) is 17.0. The molecule has 2 nitrogen and oxygen atoms in total. The molecule has 0 unspecified atom stereocenters. The minimum Gasteiger partial charge on any atom is -0.491 e. The molecule has 0 radical (unpaired) electrons. The number of benzene rings is 2. The lowest BCUT2D eigenvalue weighted by atomic mass is 9.98. The topological polar surface area (TPSA) is 18.5 Å². The van der Waals surface area contributed by atoms with Gasteiger partial charge in [0.2, 0.25) is 0 Å². The molecular weight excluding hydrogens is 296 g/mol. The molecule has 0 amide bonds. The number of unbranched alkanes of at least 4 members (excludes halogenated alkanes) is 3. The summed E-state index contributed by atoms with van der Waals surface area (Å²) in [5, 5.41) is 0. The van der Waals surface area contributed by atoms with E-state index in [9.17, 15) is 0 Å². The van der Waals surface area contributed by atoms with Crippen LogP contribution in [0.25, 0.3) is 0 Å². The highest BCUT2D eigenvalue weighted by molar-refractivity contribution is 5.25. The summed E-state index contributed by atoms with van der Waals surface area (Å²) in [4.78, 5) is 0. The van der Waals surface area contributed by atoms with Crippen molar-refractivity contribution in [3.8, 4) is 0 Å². The van der Waals surface area contributed by atoms with Gasteiger partial charge in [0, 0.05) is 6.61 Å². The van der Waals surface area contributed by atoms with Gasteiger partial charge in [-0.25, -0.2) is 0 Å². The summed E-state index contributed by atoms with van der Waals surface area (Å²) in [7, 11) is 0. The van der Waals surface area contributed by atoms with Crippen molar-refractivity contribution in [2.45, 2.75) is 44.8 Å². The van der Waals surface area contributed by atoms with Gasteiger partial charge < -0.3 is 9.47 Å². The maximum atomic E-state index is 6.27. The van der Waals surface area contributed by atoms with Crippen LogP contribution >= 0.6 is 0 Å². The van der Waals surface area contributed by atoms with Crippen LogP contribution in [0.3, 0.4) is 0 Å². The molecule has 24 heavy (non-hydrogen) atoms. The second kappa shape index (κ2) is 10.7. The van der Waals surface area contributed by atoms with Crippen LogP contribution in [0.4, 0.5) is 0 Å². The molecule has 0 bridgehead atoms. The Morgan fingerprint density at radius 3 is 1.96 bits per heavy atom. The highest BCUT2D eigenvalue weighted by Gasteiger charge is 2.26. The molecule has 2 aromatic carbocycles. The van der Waals surface area contributed by atoms with Crippen molar-refractivity contribution >= 4 is 0 Å². The molecule has 0 heterocycles. The van der Waals surface area contributed by atoms with Gasteiger partial charge in [0.25, 0.3) is 0 Å². The lowest BCUT2D eigenvalue weighted by Gasteiger charge is -2.27. The van der Waals surface area contributed by atoms with Crippen molar-refractivity contribution in [3.63, 3.8) is 0 Å². The lowest BCUT2D eigenvalue weighted by molar-refractivity contribution is -0.0481. The van der Waals surface area contributed by atoms with Crippen molar-refractivity contribution in [2.75, 3.05) is 6.61 Å². The molecular formula is C22H28O2. The molecule has 2 aromatic rings. The molecule has 2 rings (SSSR count). The van der Waals surface area contributed by atoms with Crippen LogP contribution in [-0.4, -0.2) is 6.61 Å². The number of hydrogen-bond donors (Lipinski definition) is 0. The standard InChI is InChI=1S/C22H28O2/c1-3-5-6-13-18-24-22(20-16-11-8-12-17-20)21(23-4-2)19-14-9-7-10-15-19/h4,7-12,14-17,21-22H,2-3,5-6,13,18H2,1H3/t21-,22+/m0/s1. The Kier molecular flexibility index (Phi) is 8.12. The van der Waals surface area contributed by atoms with E-state index in [2.05, 4.69) is 37.8 Å². The third-order valence-corrected chi connectivity index (χ3v) is 4.07. The van der Waals surface area contributed by atoms with Crippen LogP contribution < -0.4 is 0 Å². The average Bonchev–Trinajstić information content (AvgIpc) is 2.65. The molecule has 0 spiro atoms. The maximum absolute atomic E-state index is 6.27. The summed E-state index contributed by atoms with van der Waals surface area (Å²) in [6.07, 6.45) is 5.93. The van der Waals surface area contributed by atoms with E-state index in [1.165, 1.54) is 25.5 Å². The monoisotopic (exact) mass is 324 g/mol. The molecule has 0 saturated carbocycles. The minimum absolute atomic E-state index is 0.145. The molecule has 0 N–H and O–H groups in total. The molecule has 2 atom stereocenters. The van der Waals surface area contributed by atoms with E-state index in [1.807, 2.05) is 36.4 Å². The molecule has 0 saturated heterocycles. The average molecular weight is 324 g/mol. The van der Waals surface area contributed by atoms with Crippen molar-refractivity contribution in [2.24, 2.45) is 0 Å². The Balaban J connectivity index is 2.17.